The number of rotatable bonds is 3. The molecule has 1 aromatic heterocycles. The lowest BCUT2D eigenvalue weighted by molar-refractivity contribution is -0.117. The van der Waals surface area contributed by atoms with Crippen LogP contribution in [0.5, 0.6) is 0 Å². The lowest BCUT2D eigenvalue weighted by Crippen LogP contribution is -2.23. The predicted octanol–water partition coefficient (Wildman–Crippen LogP) is 1.49. The largest absolute Gasteiger partial charge is 0.324 e. The summed E-state index contributed by atoms with van der Waals surface area (Å²) in [5, 5.41) is 14.9. The van der Waals surface area contributed by atoms with Crippen LogP contribution in [0, 0.1) is 6.92 Å². The number of nitrogens with zero attached hydrogens (tertiary/aromatic N) is 3. The van der Waals surface area contributed by atoms with Gasteiger partial charge in [-0.3, -0.25) is 4.79 Å². The second kappa shape index (κ2) is 4.92. The number of carbonyl (C=O) groups excluding carboxylic acids is 1. The maximum atomic E-state index is 11.8. The first kappa shape index (κ1) is 13.1. The maximum Gasteiger partial charge on any atom is 0.246 e. The van der Waals surface area contributed by atoms with Crippen molar-refractivity contribution in [3.05, 3.63) is 29.6 Å². The van der Waals surface area contributed by atoms with Gasteiger partial charge in [0.25, 0.3) is 0 Å². The molecule has 0 aliphatic carbocycles. The summed E-state index contributed by atoms with van der Waals surface area (Å²) in [6.07, 6.45) is 0. The van der Waals surface area contributed by atoms with Crippen LogP contribution in [-0.2, 0) is 11.8 Å². The topological polar surface area (TPSA) is 71.8 Å². The third kappa shape index (κ3) is 2.08. The van der Waals surface area contributed by atoms with Gasteiger partial charge in [0.1, 0.15) is 11.9 Å². The summed E-state index contributed by atoms with van der Waals surface area (Å²) in [6, 6.07) is 5.68. The van der Waals surface area contributed by atoms with Crippen molar-refractivity contribution in [3.8, 4) is 0 Å². The molecule has 1 aromatic carbocycles. The fraction of sp³-hybridized carbons (Fsp3) is 0.308. The van der Waals surface area contributed by atoms with Crippen LogP contribution in [0.2, 0.25) is 0 Å². The van der Waals surface area contributed by atoms with Crippen LogP contribution in [0.3, 0.4) is 0 Å². The number of benzene rings is 1. The van der Waals surface area contributed by atoms with E-state index in [1.54, 1.807) is 7.05 Å². The van der Waals surface area contributed by atoms with E-state index in [-0.39, 0.29) is 11.9 Å². The smallest absolute Gasteiger partial charge is 0.246 e. The van der Waals surface area contributed by atoms with Crippen molar-refractivity contribution in [2.45, 2.75) is 23.0 Å². The molecule has 1 aliphatic rings. The second-order valence-corrected chi connectivity index (χ2v) is 5.69. The molecule has 1 atom stereocenters. The molecule has 1 amide bonds. The van der Waals surface area contributed by atoms with Crippen LogP contribution >= 0.6 is 11.8 Å². The SMILES string of the molecule is CNC1C(=O)Nc2cc(Sc3nnc(C)n3C)ccc21. The molecule has 0 radical (unpaired) electrons. The van der Waals surface area contributed by atoms with Crippen molar-refractivity contribution in [2.75, 3.05) is 12.4 Å². The van der Waals surface area contributed by atoms with Gasteiger partial charge in [-0.15, -0.1) is 10.2 Å². The molecule has 1 unspecified atom stereocenters. The van der Waals surface area contributed by atoms with Gasteiger partial charge in [-0.2, -0.15) is 0 Å². The van der Waals surface area contributed by atoms with Gasteiger partial charge in [0.05, 0.1) is 0 Å². The Morgan fingerprint density at radius 1 is 1.40 bits per heavy atom. The van der Waals surface area contributed by atoms with E-state index in [0.29, 0.717) is 0 Å². The fourth-order valence-electron chi connectivity index (χ4n) is 2.17. The molecule has 20 heavy (non-hydrogen) atoms. The van der Waals surface area contributed by atoms with E-state index < -0.39 is 0 Å². The molecule has 2 heterocycles. The zero-order valence-electron chi connectivity index (χ0n) is 11.5. The average molecular weight is 289 g/mol. The van der Waals surface area contributed by atoms with Crippen LogP contribution in [0.1, 0.15) is 17.4 Å². The van der Waals surface area contributed by atoms with Crippen LogP contribution in [0.15, 0.2) is 28.3 Å². The van der Waals surface area contributed by atoms with Gasteiger partial charge in [-0.25, -0.2) is 0 Å². The molecule has 6 nitrogen and oxygen atoms in total. The van der Waals surface area contributed by atoms with Crippen LogP contribution in [-0.4, -0.2) is 27.7 Å². The molecule has 2 aromatic rings. The first-order valence-electron chi connectivity index (χ1n) is 6.26. The highest BCUT2D eigenvalue weighted by molar-refractivity contribution is 7.99. The summed E-state index contributed by atoms with van der Waals surface area (Å²) in [6.45, 7) is 1.91. The Labute approximate surface area is 121 Å². The standard InChI is InChI=1S/C13H15N5OS/c1-7-16-17-13(18(7)3)20-8-4-5-9-10(6-8)15-12(19)11(9)14-2/h4-6,11,14H,1-3H3,(H,15,19). The number of aryl methyl sites for hydroxylation is 1. The number of carbonyl (C=O) groups is 1. The minimum atomic E-state index is -0.263. The highest BCUT2D eigenvalue weighted by atomic mass is 32.2. The minimum Gasteiger partial charge on any atom is -0.324 e. The number of anilines is 1. The van der Waals surface area contributed by atoms with E-state index in [1.807, 2.05) is 36.7 Å². The van der Waals surface area contributed by atoms with Crippen molar-refractivity contribution >= 4 is 23.4 Å². The molecule has 7 heteroatoms. The predicted molar refractivity (Wildman–Crippen MR) is 76.7 cm³/mol. The monoisotopic (exact) mass is 289 g/mol. The molecular weight excluding hydrogens is 274 g/mol. The van der Waals surface area contributed by atoms with E-state index in [1.165, 1.54) is 11.8 Å². The molecule has 0 fully saturated rings. The third-order valence-corrected chi connectivity index (χ3v) is 4.43. The molecule has 3 rings (SSSR count). The molecule has 0 saturated carbocycles. The summed E-state index contributed by atoms with van der Waals surface area (Å²) in [5.74, 6) is 0.858. The first-order chi connectivity index (χ1) is 9.60. The summed E-state index contributed by atoms with van der Waals surface area (Å²) >= 11 is 1.53. The van der Waals surface area contributed by atoms with Crippen molar-refractivity contribution < 1.29 is 4.79 Å². The van der Waals surface area contributed by atoms with Crippen molar-refractivity contribution in [1.82, 2.24) is 20.1 Å². The lowest BCUT2D eigenvalue weighted by atomic mass is 10.1. The van der Waals surface area contributed by atoms with Crippen LogP contribution in [0.4, 0.5) is 5.69 Å². The highest BCUT2D eigenvalue weighted by Gasteiger charge is 2.29. The molecule has 0 spiro atoms. The summed E-state index contributed by atoms with van der Waals surface area (Å²) in [5.41, 5.74) is 1.84. The van der Waals surface area contributed by atoms with Crippen molar-refractivity contribution in [3.63, 3.8) is 0 Å². The van der Waals surface area contributed by atoms with E-state index in [4.69, 9.17) is 0 Å². The minimum absolute atomic E-state index is 0.0147. The van der Waals surface area contributed by atoms with E-state index in [9.17, 15) is 4.79 Å². The molecule has 2 N–H and O–H groups in total. The number of nitrogens with one attached hydrogen (secondary N) is 2. The molecule has 0 saturated heterocycles. The zero-order chi connectivity index (χ0) is 14.3. The van der Waals surface area contributed by atoms with E-state index in [2.05, 4.69) is 20.8 Å². The number of likely N-dealkylation sites (N-methyl/N-ethyl adjacent to an activating group) is 1. The number of hydrogen-bond donors (Lipinski definition) is 2. The van der Waals surface area contributed by atoms with Gasteiger partial charge in [-0.05, 0) is 37.9 Å². The summed E-state index contributed by atoms with van der Waals surface area (Å²) in [4.78, 5) is 12.8. The van der Waals surface area contributed by atoms with Gasteiger partial charge in [0.15, 0.2) is 5.16 Å². The Kier molecular flexibility index (Phi) is 3.23. The van der Waals surface area contributed by atoms with Gasteiger partial charge in [-0.1, -0.05) is 6.07 Å². The lowest BCUT2D eigenvalue weighted by Gasteiger charge is -2.07. The van der Waals surface area contributed by atoms with Gasteiger partial charge >= 0.3 is 0 Å². The maximum absolute atomic E-state index is 11.8. The number of aromatic nitrogens is 3. The third-order valence-electron chi connectivity index (χ3n) is 3.41. The first-order valence-corrected chi connectivity index (χ1v) is 7.07. The normalized spacial score (nSPS) is 17.1. The Hall–Kier alpha value is -1.86. The van der Waals surface area contributed by atoms with Gasteiger partial charge in [0.2, 0.25) is 5.91 Å². The quantitative estimate of drug-likeness (QED) is 0.895. The summed E-state index contributed by atoms with van der Waals surface area (Å²) < 4.78 is 1.94. The number of amides is 1. The molecule has 104 valence electrons. The average Bonchev–Trinajstić information content (AvgIpc) is 2.91. The Morgan fingerprint density at radius 2 is 2.20 bits per heavy atom. The Morgan fingerprint density at radius 3 is 2.85 bits per heavy atom. The molecular formula is C13H15N5OS. The second-order valence-electron chi connectivity index (χ2n) is 4.65. The van der Waals surface area contributed by atoms with E-state index in [0.717, 1.165) is 27.1 Å². The number of hydrogen-bond acceptors (Lipinski definition) is 5. The van der Waals surface area contributed by atoms with Crippen molar-refractivity contribution in [2.24, 2.45) is 7.05 Å². The molecule has 0 bridgehead atoms. The van der Waals surface area contributed by atoms with E-state index >= 15 is 0 Å². The van der Waals surface area contributed by atoms with Crippen molar-refractivity contribution in [1.29, 1.82) is 0 Å². The Balaban J connectivity index is 1.89. The summed E-state index contributed by atoms with van der Waals surface area (Å²) in [7, 11) is 3.72. The zero-order valence-corrected chi connectivity index (χ0v) is 12.3. The van der Waals surface area contributed by atoms with Gasteiger partial charge < -0.3 is 15.2 Å². The van der Waals surface area contributed by atoms with Crippen LogP contribution in [0.25, 0.3) is 0 Å². The molecule has 1 aliphatic heterocycles. The number of fused-ring (bicyclic) bond motifs is 1. The fourth-order valence-corrected chi connectivity index (χ4v) is 3.05. The van der Waals surface area contributed by atoms with Gasteiger partial charge in [0, 0.05) is 23.2 Å². The highest BCUT2D eigenvalue weighted by Crippen LogP contribution is 2.35. The Bertz CT molecular complexity index is 681. The van der Waals surface area contributed by atoms with Crippen LogP contribution < -0.4 is 10.6 Å².